The molecule has 0 fully saturated rings. The van der Waals surface area contributed by atoms with Crippen molar-refractivity contribution in [3.05, 3.63) is 29.8 Å². The summed E-state index contributed by atoms with van der Waals surface area (Å²) in [5, 5.41) is 0. The highest BCUT2D eigenvalue weighted by molar-refractivity contribution is 7.89. The van der Waals surface area contributed by atoms with Crippen molar-refractivity contribution in [1.82, 2.24) is 4.72 Å². The molecule has 1 rings (SSSR count). The van der Waals surface area contributed by atoms with Crippen molar-refractivity contribution in [3.63, 3.8) is 0 Å². The molecule has 1 aromatic carbocycles. The minimum absolute atomic E-state index is 0.110. The molecule has 0 spiro atoms. The Hall–Kier alpha value is -1.11. The van der Waals surface area contributed by atoms with Crippen LogP contribution in [0.3, 0.4) is 0 Å². The van der Waals surface area contributed by atoms with Gasteiger partial charge in [0.05, 0.1) is 12.9 Å². The molecule has 0 amide bonds. The number of methoxy groups -OCH3 is 1. The Balaban J connectivity index is 2.53. The van der Waals surface area contributed by atoms with Gasteiger partial charge in [-0.3, -0.25) is 0 Å². The van der Waals surface area contributed by atoms with Gasteiger partial charge in [0.15, 0.2) is 0 Å². The fraction of sp³-hybridized carbons (Fsp3) is 0.500. The summed E-state index contributed by atoms with van der Waals surface area (Å²) in [6.07, 6.45) is 1.30. The molecule has 3 N–H and O–H groups in total. The van der Waals surface area contributed by atoms with Gasteiger partial charge in [-0.1, -0.05) is 18.2 Å². The molecule has 0 bridgehead atoms. The number of ether oxygens (including phenoxy) is 1. The molecule has 0 radical (unpaired) electrons. The predicted octanol–water partition coefficient (Wildman–Crippen LogP) is 0.853. The Kier molecular flexibility index (Phi) is 6.11. The average molecular weight is 272 g/mol. The molecular weight excluding hydrogens is 252 g/mol. The predicted molar refractivity (Wildman–Crippen MR) is 71.9 cm³/mol. The van der Waals surface area contributed by atoms with Crippen LogP contribution >= 0.6 is 0 Å². The Morgan fingerprint density at radius 2 is 2.00 bits per heavy atom. The summed E-state index contributed by atoms with van der Waals surface area (Å²) in [6.45, 7) is 0.761. The SMILES string of the molecule is COc1ccccc1CNS(=O)(=O)CCCCN. The van der Waals surface area contributed by atoms with Crippen LogP contribution in [0.2, 0.25) is 0 Å². The highest BCUT2D eigenvalue weighted by atomic mass is 32.2. The van der Waals surface area contributed by atoms with Crippen LogP contribution in [-0.4, -0.2) is 27.8 Å². The summed E-state index contributed by atoms with van der Waals surface area (Å²) in [7, 11) is -1.67. The third-order valence-corrected chi connectivity index (χ3v) is 3.95. The second-order valence-corrected chi connectivity index (χ2v) is 5.87. The molecule has 1 aromatic rings. The molecule has 18 heavy (non-hydrogen) atoms. The standard InChI is InChI=1S/C12H20N2O3S/c1-17-12-7-3-2-6-11(12)10-14-18(15,16)9-5-4-8-13/h2-3,6-7,14H,4-5,8-10,13H2,1H3. The molecule has 5 nitrogen and oxygen atoms in total. The molecule has 102 valence electrons. The number of nitrogens with two attached hydrogens (primary N) is 1. The molecule has 0 aromatic heterocycles. The summed E-state index contributed by atoms with van der Waals surface area (Å²) in [4.78, 5) is 0. The van der Waals surface area contributed by atoms with E-state index >= 15 is 0 Å². The zero-order valence-electron chi connectivity index (χ0n) is 10.6. The molecule has 0 atom stereocenters. The lowest BCUT2D eigenvalue weighted by Crippen LogP contribution is -2.26. The number of hydrogen-bond donors (Lipinski definition) is 2. The van der Waals surface area contributed by atoms with Crippen LogP contribution in [0.4, 0.5) is 0 Å². The molecule has 0 aliphatic heterocycles. The van der Waals surface area contributed by atoms with Crippen LogP contribution in [0.15, 0.2) is 24.3 Å². The maximum atomic E-state index is 11.7. The van der Waals surface area contributed by atoms with Gasteiger partial charge < -0.3 is 10.5 Å². The van der Waals surface area contributed by atoms with E-state index in [0.717, 1.165) is 12.0 Å². The van der Waals surface area contributed by atoms with Gasteiger partial charge in [-0.15, -0.1) is 0 Å². The summed E-state index contributed by atoms with van der Waals surface area (Å²) in [5.41, 5.74) is 6.15. The first-order valence-corrected chi connectivity index (χ1v) is 7.53. The van der Waals surface area contributed by atoms with E-state index in [1.54, 1.807) is 13.2 Å². The lowest BCUT2D eigenvalue weighted by Gasteiger charge is -2.09. The van der Waals surface area contributed by atoms with Gasteiger partial charge in [0.25, 0.3) is 0 Å². The first kappa shape index (κ1) is 14.9. The van der Waals surface area contributed by atoms with Gasteiger partial charge in [0.1, 0.15) is 5.75 Å². The first-order chi connectivity index (χ1) is 8.59. The molecular formula is C12H20N2O3S. The van der Waals surface area contributed by atoms with Crippen molar-refractivity contribution in [3.8, 4) is 5.75 Å². The summed E-state index contributed by atoms with van der Waals surface area (Å²) < 4.78 is 31.1. The number of rotatable bonds is 8. The van der Waals surface area contributed by atoms with Crippen molar-refractivity contribution in [2.24, 2.45) is 5.73 Å². The van der Waals surface area contributed by atoms with Crippen molar-refractivity contribution in [2.45, 2.75) is 19.4 Å². The fourth-order valence-electron chi connectivity index (χ4n) is 1.55. The molecule has 0 aliphatic carbocycles. The van der Waals surface area contributed by atoms with E-state index in [1.165, 1.54) is 0 Å². The van der Waals surface area contributed by atoms with E-state index in [4.69, 9.17) is 10.5 Å². The highest BCUT2D eigenvalue weighted by Gasteiger charge is 2.10. The van der Waals surface area contributed by atoms with Crippen LogP contribution < -0.4 is 15.2 Å². The second-order valence-electron chi connectivity index (χ2n) is 3.95. The van der Waals surface area contributed by atoms with Crippen LogP contribution in [-0.2, 0) is 16.6 Å². The zero-order chi connectivity index (χ0) is 13.4. The summed E-state index contributed by atoms with van der Waals surface area (Å²) >= 11 is 0. The van der Waals surface area contributed by atoms with Crippen molar-refractivity contribution >= 4 is 10.0 Å². The second kappa shape index (κ2) is 7.35. The highest BCUT2D eigenvalue weighted by Crippen LogP contribution is 2.16. The number of unbranched alkanes of at least 4 members (excludes halogenated alkanes) is 1. The van der Waals surface area contributed by atoms with Gasteiger partial charge >= 0.3 is 0 Å². The minimum Gasteiger partial charge on any atom is -0.496 e. The van der Waals surface area contributed by atoms with E-state index in [1.807, 2.05) is 18.2 Å². The largest absolute Gasteiger partial charge is 0.496 e. The molecule has 0 saturated heterocycles. The van der Waals surface area contributed by atoms with Crippen molar-refractivity contribution < 1.29 is 13.2 Å². The van der Waals surface area contributed by atoms with E-state index < -0.39 is 10.0 Å². The van der Waals surface area contributed by atoms with Crippen LogP contribution in [0.5, 0.6) is 5.75 Å². The fourth-order valence-corrected chi connectivity index (χ4v) is 2.65. The Labute approximate surface area is 108 Å². The number of hydrogen-bond acceptors (Lipinski definition) is 4. The first-order valence-electron chi connectivity index (χ1n) is 5.88. The normalized spacial score (nSPS) is 11.4. The van der Waals surface area contributed by atoms with E-state index in [9.17, 15) is 8.42 Å². The number of nitrogens with one attached hydrogen (secondary N) is 1. The average Bonchev–Trinajstić information content (AvgIpc) is 2.37. The Bertz CT molecular complexity index is 460. The van der Waals surface area contributed by atoms with Gasteiger partial charge in [0, 0.05) is 12.1 Å². The van der Waals surface area contributed by atoms with Gasteiger partial charge in [-0.25, -0.2) is 13.1 Å². The number of para-hydroxylation sites is 1. The van der Waals surface area contributed by atoms with Gasteiger partial charge in [-0.2, -0.15) is 0 Å². The van der Waals surface area contributed by atoms with Gasteiger partial charge in [-0.05, 0) is 25.5 Å². The number of benzene rings is 1. The van der Waals surface area contributed by atoms with Gasteiger partial charge in [0.2, 0.25) is 10.0 Å². The van der Waals surface area contributed by atoms with Crippen LogP contribution in [0.25, 0.3) is 0 Å². The molecule has 0 heterocycles. The van der Waals surface area contributed by atoms with Crippen LogP contribution in [0, 0.1) is 0 Å². The van der Waals surface area contributed by atoms with Crippen molar-refractivity contribution in [2.75, 3.05) is 19.4 Å². The Morgan fingerprint density at radius 1 is 1.28 bits per heavy atom. The summed E-state index contributed by atoms with van der Waals surface area (Å²) in [5.74, 6) is 0.793. The van der Waals surface area contributed by atoms with E-state index in [0.29, 0.717) is 18.7 Å². The third kappa shape index (κ3) is 5.03. The maximum absolute atomic E-state index is 11.7. The Morgan fingerprint density at radius 3 is 2.67 bits per heavy atom. The topological polar surface area (TPSA) is 81.4 Å². The minimum atomic E-state index is -3.24. The molecule has 0 saturated carbocycles. The molecule has 0 unspecified atom stereocenters. The quantitative estimate of drug-likeness (QED) is 0.688. The summed E-state index contributed by atoms with van der Waals surface area (Å²) in [6, 6.07) is 7.33. The van der Waals surface area contributed by atoms with Crippen molar-refractivity contribution in [1.29, 1.82) is 0 Å². The smallest absolute Gasteiger partial charge is 0.211 e. The lowest BCUT2D eigenvalue weighted by atomic mass is 10.2. The zero-order valence-corrected chi connectivity index (χ0v) is 11.4. The lowest BCUT2D eigenvalue weighted by molar-refractivity contribution is 0.409. The van der Waals surface area contributed by atoms with E-state index in [2.05, 4.69) is 4.72 Å². The number of sulfonamides is 1. The molecule has 0 aliphatic rings. The third-order valence-electron chi connectivity index (χ3n) is 2.54. The van der Waals surface area contributed by atoms with Crippen LogP contribution in [0.1, 0.15) is 18.4 Å². The molecule has 6 heteroatoms. The van der Waals surface area contributed by atoms with E-state index in [-0.39, 0.29) is 12.3 Å². The maximum Gasteiger partial charge on any atom is 0.211 e. The monoisotopic (exact) mass is 272 g/mol.